The Bertz CT molecular complexity index is 806. The van der Waals surface area contributed by atoms with Crippen LogP contribution in [0.15, 0.2) is 9.95 Å². The normalized spacial score (nSPS) is 11.7. The molecule has 7 heteroatoms. The first kappa shape index (κ1) is 19.0. The summed E-state index contributed by atoms with van der Waals surface area (Å²) in [4.78, 5) is 31.4. The molecule has 0 radical (unpaired) electrons. The van der Waals surface area contributed by atoms with Crippen molar-refractivity contribution in [2.75, 3.05) is 5.75 Å². The number of hydrogen-bond donors (Lipinski definition) is 1. The van der Waals surface area contributed by atoms with Crippen molar-refractivity contribution in [3.63, 3.8) is 0 Å². The molecule has 0 fully saturated rings. The van der Waals surface area contributed by atoms with Crippen molar-refractivity contribution in [1.82, 2.24) is 14.9 Å². The summed E-state index contributed by atoms with van der Waals surface area (Å²) in [7, 11) is 0. The van der Waals surface area contributed by atoms with Crippen LogP contribution in [-0.2, 0) is 11.3 Å². The number of aryl methyl sites for hydroxylation is 2. The first-order valence-corrected chi connectivity index (χ1v) is 9.93. The largest absolute Gasteiger partial charge is 0.353 e. The van der Waals surface area contributed by atoms with E-state index in [9.17, 15) is 9.59 Å². The molecule has 0 aliphatic rings. The van der Waals surface area contributed by atoms with Gasteiger partial charge in [-0.15, -0.1) is 11.3 Å². The van der Waals surface area contributed by atoms with E-state index in [0.717, 1.165) is 15.3 Å². The predicted octanol–water partition coefficient (Wildman–Crippen LogP) is 3.35. The molecule has 0 saturated carbocycles. The monoisotopic (exact) mass is 367 g/mol. The lowest BCUT2D eigenvalue weighted by atomic mass is 10.2. The van der Waals surface area contributed by atoms with Crippen molar-refractivity contribution in [2.24, 2.45) is 5.92 Å². The van der Waals surface area contributed by atoms with Crippen LogP contribution in [0, 0.1) is 19.8 Å². The molecule has 1 N–H and O–H groups in total. The Morgan fingerprint density at radius 3 is 2.54 bits per heavy atom. The predicted molar refractivity (Wildman–Crippen MR) is 102 cm³/mol. The number of carbonyl (C=O) groups excluding carboxylic acids is 1. The SMILES string of the molecule is Cc1sc2nc(SCC(=O)NC(C)C)n(CC(C)C)c(=O)c2c1C. The van der Waals surface area contributed by atoms with Crippen molar-refractivity contribution in [2.45, 2.75) is 59.3 Å². The quantitative estimate of drug-likeness (QED) is 0.628. The van der Waals surface area contributed by atoms with E-state index in [-0.39, 0.29) is 23.3 Å². The second-order valence-corrected chi connectivity index (χ2v) is 8.82. The van der Waals surface area contributed by atoms with Crippen molar-refractivity contribution in [3.05, 3.63) is 20.8 Å². The molecule has 0 aliphatic carbocycles. The van der Waals surface area contributed by atoms with Crippen LogP contribution in [0.1, 0.15) is 38.1 Å². The van der Waals surface area contributed by atoms with Gasteiger partial charge in [-0.2, -0.15) is 0 Å². The van der Waals surface area contributed by atoms with E-state index in [0.29, 0.717) is 23.0 Å². The molecule has 0 spiro atoms. The van der Waals surface area contributed by atoms with E-state index in [1.807, 2.05) is 27.7 Å². The highest BCUT2D eigenvalue weighted by Crippen LogP contribution is 2.28. The lowest BCUT2D eigenvalue weighted by Gasteiger charge is -2.14. The molecule has 0 unspecified atom stereocenters. The Kier molecular flexibility index (Phi) is 6.09. The van der Waals surface area contributed by atoms with Gasteiger partial charge in [0.05, 0.1) is 11.1 Å². The van der Waals surface area contributed by atoms with Crippen LogP contribution in [0.5, 0.6) is 0 Å². The summed E-state index contributed by atoms with van der Waals surface area (Å²) >= 11 is 2.87. The lowest BCUT2D eigenvalue weighted by Crippen LogP contribution is -2.32. The van der Waals surface area contributed by atoms with Gasteiger partial charge in [-0.25, -0.2) is 4.98 Å². The van der Waals surface area contributed by atoms with E-state index in [4.69, 9.17) is 0 Å². The number of hydrogen-bond acceptors (Lipinski definition) is 5. The number of amides is 1. The van der Waals surface area contributed by atoms with Gasteiger partial charge in [-0.1, -0.05) is 25.6 Å². The third-order valence-corrected chi connectivity index (χ3v) is 5.66. The fourth-order valence-corrected chi connectivity index (χ4v) is 4.33. The van der Waals surface area contributed by atoms with E-state index in [1.54, 1.807) is 15.9 Å². The van der Waals surface area contributed by atoms with Gasteiger partial charge in [0.15, 0.2) is 5.16 Å². The average Bonchev–Trinajstić information content (AvgIpc) is 2.74. The van der Waals surface area contributed by atoms with E-state index < -0.39 is 0 Å². The molecule has 0 aliphatic heterocycles. The van der Waals surface area contributed by atoms with Crippen molar-refractivity contribution >= 4 is 39.2 Å². The minimum atomic E-state index is -0.0426. The minimum absolute atomic E-state index is 0.00215. The fourth-order valence-electron chi connectivity index (χ4n) is 2.44. The smallest absolute Gasteiger partial charge is 0.263 e. The topological polar surface area (TPSA) is 64.0 Å². The molecule has 0 atom stereocenters. The minimum Gasteiger partial charge on any atom is -0.353 e. The number of nitrogens with zero attached hydrogens (tertiary/aromatic N) is 2. The third-order valence-electron chi connectivity index (χ3n) is 3.58. The van der Waals surface area contributed by atoms with Crippen LogP contribution >= 0.6 is 23.1 Å². The van der Waals surface area contributed by atoms with Gasteiger partial charge in [0.2, 0.25) is 5.91 Å². The second kappa shape index (κ2) is 7.70. The molecule has 24 heavy (non-hydrogen) atoms. The summed E-state index contributed by atoms with van der Waals surface area (Å²) in [6.07, 6.45) is 0. The Labute approximate surface area is 150 Å². The zero-order valence-electron chi connectivity index (χ0n) is 15.1. The summed E-state index contributed by atoms with van der Waals surface area (Å²) in [5.41, 5.74) is 1.02. The number of aromatic nitrogens is 2. The maximum absolute atomic E-state index is 13.0. The van der Waals surface area contributed by atoms with Gasteiger partial charge in [0, 0.05) is 17.5 Å². The second-order valence-electron chi connectivity index (χ2n) is 6.68. The van der Waals surface area contributed by atoms with Crippen LogP contribution in [0.3, 0.4) is 0 Å². The zero-order chi connectivity index (χ0) is 18.0. The summed E-state index contributed by atoms with van der Waals surface area (Å²) in [5, 5.41) is 4.21. The highest BCUT2D eigenvalue weighted by atomic mass is 32.2. The first-order chi connectivity index (χ1) is 11.2. The number of thioether (sulfide) groups is 1. The van der Waals surface area contributed by atoms with Gasteiger partial charge < -0.3 is 5.32 Å². The van der Waals surface area contributed by atoms with Crippen LogP contribution < -0.4 is 10.9 Å². The van der Waals surface area contributed by atoms with Crippen molar-refractivity contribution in [1.29, 1.82) is 0 Å². The molecule has 0 aromatic carbocycles. The van der Waals surface area contributed by atoms with Crippen LogP contribution in [0.2, 0.25) is 0 Å². The zero-order valence-corrected chi connectivity index (χ0v) is 16.7. The molecule has 0 saturated heterocycles. The Morgan fingerprint density at radius 2 is 1.96 bits per heavy atom. The summed E-state index contributed by atoms with van der Waals surface area (Å²) in [6, 6.07) is 0.106. The number of thiophene rings is 1. The van der Waals surface area contributed by atoms with Crippen LogP contribution in [0.25, 0.3) is 10.2 Å². The van der Waals surface area contributed by atoms with Crippen molar-refractivity contribution < 1.29 is 4.79 Å². The molecule has 1 amide bonds. The van der Waals surface area contributed by atoms with E-state index in [2.05, 4.69) is 24.1 Å². The summed E-state index contributed by atoms with van der Waals surface area (Å²) in [5.74, 6) is 0.544. The first-order valence-electron chi connectivity index (χ1n) is 8.13. The molecule has 0 bridgehead atoms. The molecular formula is C17H25N3O2S2. The number of fused-ring (bicyclic) bond motifs is 1. The van der Waals surface area contributed by atoms with E-state index >= 15 is 0 Å². The van der Waals surface area contributed by atoms with Gasteiger partial charge >= 0.3 is 0 Å². The lowest BCUT2D eigenvalue weighted by molar-refractivity contribution is -0.119. The Hall–Kier alpha value is -1.34. The highest BCUT2D eigenvalue weighted by Gasteiger charge is 2.18. The van der Waals surface area contributed by atoms with Gasteiger partial charge in [0.1, 0.15) is 4.83 Å². The van der Waals surface area contributed by atoms with Crippen molar-refractivity contribution in [3.8, 4) is 0 Å². The Morgan fingerprint density at radius 1 is 1.29 bits per heavy atom. The average molecular weight is 368 g/mol. The third kappa shape index (κ3) is 4.19. The van der Waals surface area contributed by atoms with Gasteiger partial charge in [-0.3, -0.25) is 14.2 Å². The molecule has 2 aromatic heterocycles. The molecule has 2 aromatic rings. The number of rotatable bonds is 6. The maximum Gasteiger partial charge on any atom is 0.263 e. The van der Waals surface area contributed by atoms with Gasteiger partial charge in [-0.05, 0) is 39.2 Å². The van der Waals surface area contributed by atoms with Crippen LogP contribution in [0.4, 0.5) is 0 Å². The van der Waals surface area contributed by atoms with E-state index in [1.165, 1.54) is 11.8 Å². The summed E-state index contributed by atoms with van der Waals surface area (Å²) < 4.78 is 1.72. The molecular weight excluding hydrogens is 342 g/mol. The molecule has 2 rings (SSSR count). The molecule has 5 nitrogen and oxygen atoms in total. The van der Waals surface area contributed by atoms with Crippen LogP contribution in [-0.4, -0.2) is 27.3 Å². The molecule has 132 valence electrons. The fraction of sp³-hybridized carbons (Fsp3) is 0.588. The number of nitrogens with one attached hydrogen (secondary N) is 1. The number of carbonyl (C=O) groups is 1. The maximum atomic E-state index is 13.0. The summed E-state index contributed by atoms with van der Waals surface area (Å²) in [6.45, 7) is 12.6. The van der Waals surface area contributed by atoms with Gasteiger partial charge in [0.25, 0.3) is 5.56 Å². The highest BCUT2D eigenvalue weighted by molar-refractivity contribution is 7.99. The standard InChI is InChI=1S/C17H25N3O2S2/c1-9(2)7-20-16(22)14-11(5)12(6)24-15(14)19-17(20)23-8-13(21)18-10(3)4/h9-10H,7-8H2,1-6H3,(H,18,21). The molecule has 2 heterocycles. The Balaban J connectivity index is 2.43.